The summed E-state index contributed by atoms with van der Waals surface area (Å²) in [6.07, 6.45) is 0. The van der Waals surface area contributed by atoms with E-state index < -0.39 is 0 Å². The van der Waals surface area contributed by atoms with Gasteiger partial charge in [-0.15, -0.1) is 0 Å². The van der Waals surface area contributed by atoms with Crippen LogP contribution in [0, 0.1) is 10.1 Å². The van der Waals surface area contributed by atoms with Crippen molar-refractivity contribution >= 4 is 43.4 Å². The van der Waals surface area contributed by atoms with Gasteiger partial charge in [-0.1, -0.05) is 36.4 Å². The molecule has 4 nitrogen and oxygen atoms in total. The molecule has 0 fully saturated rings. The number of fused-ring (bicyclic) bond motifs is 3. The van der Waals surface area contributed by atoms with Gasteiger partial charge in [-0.05, 0) is 40.2 Å². The summed E-state index contributed by atoms with van der Waals surface area (Å²) < 4.78 is 2.60. The number of rotatable bonds is 2. The lowest BCUT2D eigenvalue weighted by Crippen LogP contribution is -1.96. The van der Waals surface area contributed by atoms with Crippen molar-refractivity contribution in [2.45, 2.75) is 0 Å². The molecule has 4 aromatic rings. The molecular weight excluding hydrogens is 356 g/mol. The van der Waals surface area contributed by atoms with Gasteiger partial charge < -0.3 is 4.57 Å². The Bertz CT molecular complexity index is 1020. The maximum absolute atomic E-state index is 11.0. The van der Waals surface area contributed by atoms with Crippen LogP contribution in [0.5, 0.6) is 0 Å². The second-order valence-corrected chi connectivity index (χ2v) is 6.12. The van der Waals surface area contributed by atoms with Crippen LogP contribution in [0.3, 0.4) is 0 Å². The van der Waals surface area contributed by atoms with E-state index in [-0.39, 0.29) is 10.6 Å². The van der Waals surface area contributed by atoms with Crippen LogP contribution in [0.15, 0.2) is 71.2 Å². The Morgan fingerprint density at radius 2 is 1.43 bits per heavy atom. The molecule has 0 aliphatic heterocycles. The molecule has 0 aliphatic carbocycles. The van der Waals surface area contributed by atoms with Crippen molar-refractivity contribution in [1.82, 2.24) is 4.57 Å². The molecule has 0 N–H and O–H groups in total. The Labute approximate surface area is 140 Å². The van der Waals surface area contributed by atoms with E-state index in [1.807, 2.05) is 24.3 Å². The molecule has 0 radical (unpaired) electrons. The molecule has 0 amide bonds. The van der Waals surface area contributed by atoms with Gasteiger partial charge in [-0.2, -0.15) is 0 Å². The Morgan fingerprint density at radius 3 is 1.96 bits per heavy atom. The van der Waals surface area contributed by atoms with Gasteiger partial charge in [0.15, 0.2) is 0 Å². The second kappa shape index (κ2) is 5.21. The lowest BCUT2D eigenvalue weighted by Gasteiger charge is -2.08. The zero-order valence-corrected chi connectivity index (χ0v) is 13.5. The minimum atomic E-state index is -0.389. The minimum absolute atomic E-state index is 0.0644. The number of benzene rings is 3. The summed E-state index contributed by atoms with van der Waals surface area (Å²) in [6.45, 7) is 0. The summed E-state index contributed by atoms with van der Waals surface area (Å²) in [5.74, 6) is 0. The van der Waals surface area contributed by atoms with E-state index >= 15 is 0 Å². The maximum atomic E-state index is 11.0. The van der Waals surface area contributed by atoms with Crippen molar-refractivity contribution in [1.29, 1.82) is 0 Å². The van der Waals surface area contributed by atoms with Gasteiger partial charge in [0.25, 0.3) is 5.69 Å². The van der Waals surface area contributed by atoms with Crippen LogP contribution in [0.1, 0.15) is 0 Å². The zero-order valence-electron chi connectivity index (χ0n) is 11.9. The predicted molar refractivity (Wildman–Crippen MR) is 95.1 cm³/mol. The molecule has 0 unspecified atom stereocenters. The molecule has 1 aromatic heterocycles. The third-order valence-electron chi connectivity index (χ3n) is 3.97. The van der Waals surface area contributed by atoms with E-state index in [1.165, 1.54) is 6.07 Å². The topological polar surface area (TPSA) is 48.1 Å². The van der Waals surface area contributed by atoms with Crippen molar-refractivity contribution in [2.75, 3.05) is 0 Å². The fraction of sp³-hybridized carbons (Fsp3) is 0. The summed E-state index contributed by atoms with van der Waals surface area (Å²) >= 11 is 3.31. The van der Waals surface area contributed by atoms with Gasteiger partial charge in [0.1, 0.15) is 0 Å². The zero-order chi connectivity index (χ0) is 16.0. The molecule has 0 saturated heterocycles. The van der Waals surface area contributed by atoms with Gasteiger partial charge in [-0.25, -0.2) is 0 Å². The highest BCUT2D eigenvalue weighted by atomic mass is 79.9. The highest BCUT2D eigenvalue weighted by Gasteiger charge is 2.15. The number of nitro benzene ring substituents is 1. The SMILES string of the molecule is O=[N+]([O-])c1ccc(-n2c3ccccc3c3ccccc32)cc1Br. The second-order valence-electron chi connectivity index (χ2n) is 5.26. The fourth-order valence-electron chi connectivity index (χ4n) is 2.98. The average Bonchev–Trinajstić information content (AvgIpc) is 2.89. The molecule has 5 heteroatoms. The number of hydrogen-bond donors (Lipinski definition) is 0. The van der Waals surface area contributed by atoms with Crippen LogP contribution >= 0.6 is 15.9 Å². The number of halogens is 1. The number of para-hydroxylation sites is 2. The lowest BCUT2D eigenvalue weighted by atomic mass is 10.2. The Balaban J connectivity index is 2.08. The van der Waals surface area contributed by atoms with E-state index in [1.54, 1.807) is 12.1 Å². The molecule has 112 valence electrons. The van der Waals surface area contributed by atoms with Gasteiger partial charge in [0, 0.05) is 22.5 Å². The number of nitrogens with zero attached hydrogens (tertiary/aromatic N) is 2. The molecule has 0 saturated carbocycles. The smallest absolute Gasteiger partial charge is 0.283 e. The highest BCUT2D eigenvalue weighted by molar-refractivity contribution is 9.10. The first-order valence-electron chi connectivity index (χ1n) is 7.09. The van der Waals surface area contributed by atoms with E-state index in [0.717, 1.165) is 27.5 Å². The molecule has 0 spiro atoms. The van der Waals surface area contributed by atoms with Crippen LogP contribution in [0.25, 0.3) is 27.5 Å². The lowest BCUT2D eigenvalue weighted by molar-refractivity contribution is -0.385. The van der Waals surface area contributed by atoms with Crippen molar-refractivity contribution in [2.24, 2.45) is 0 Å². The maximum Gasteiger partial charge on any atom is 0.283 e. The summed E-state index contributed by atoms with van der Waals surface area (Å²) in [4.78, 5) is 10.6. The van der Waals surface area contributed by atoms with Crippen LogP contribution in [-0.2, 0) is 0 Å². The van der Waals surface area contributed by atoms with Crippen LogP contribution in [-0.4, -0.2) is 9.49 Å². The Morgan fingerprint density at radius 1 is 0.870 bits per heavy atom. The van der Waals surface area contributed by atoms with Crippen molar-refractivity contribution in [3.8, 4) is 5.69 Å². The highest BCUT2D eigenvalue weighted by Crippen LogP contribution is 2.34. The Hall–Kier alpha value is -2.66. The summed E-state index contributed by atoms with van der Waals surface area (Å²) in [7, 11) is 0. The quantitative estimate of drug-likeness (QED) is 0.349. The van der Waals surface area contributed by atoms with E-state index in [0.29, 0.717) is 4.47 Å². The van der Waals surface area contributed by atoms with Crippen molar-refractivity contribution < 1.29 is 4.92 Å². The monoisotopic (exact) mass is 366 g/mol. The molecule has 0 atom stereocenters. The molecule has 23 heavy (non-hydrogen) atoms. The van der Waals surface area contributed by atoms with E-state index in [9.17, 15) is 10.1 Å². The predicted octanol–water partition coefficient (Wildman–Crippen LogP) is 5.45. The van der Waals surface area contributed by atoms with Crippen LogP contribution < -0.4 is 0 Å². The number of aromatic nitrogens is 1. The Kier molecular flexibility index (Phi) is 3.16. The van der Waals surface area contributed by atoms with Crippen molar-refractivity contribution in [3.63, 3.8) is 0 Å². The van der Waals surface area contributed by atoms with Crippen molar-refractivity contribution in [3.05, 3.63) is 81.3 Å². The van der Waals surface area contributed by atoms with Crippen LogP contribution in [0.2, 0.25) is 0 Å². The fourth-order valence-corrected chi connectivity index (χ4v) is 3.50. The largest absolute Gasteiger partial charge is 0.309 e. The molecule has 0 bridgehead atoms. The first-order valence-corrected chi connectivity index (χ1v) is 7.88. The summed E-state index contributed by atoms with van der Waals surface area (Å²) in [5.41, 5.74) is 3.11. The standard InChI is InChI=1S/C18H11BrN2O2/c19-15-11-12(9-10-18(15)21(22)23)20-16-7-3-1-5-13(16)14-6-2-4-8-17(14)20/h1-11H. The van der Waals surface area contributed by atoms with Gasteiger partial charge >= 0.3 is 0 Å². The first kappa shape index (κ1) is 14.0. The van der Waals surface area contributed by atoms with Gasteiger partial charge in [0.2, 0.25) is 0 Å². The molecule has 1 heterocycles. The van der Waals surface area contributed by atoms with E-state index in [2.05, 4.69) is 44.8 Å². The average molecular weight is 367 g/mol. The molecule has 0 aliphatic rings. The minimum Gasteiger partial charge on any atom is -0.309 e. The summed E-state index contributed by atoms with van der Waals surface area (Å²) in [6, 6.07) is 21.4. The summed E-state index contributed by atoms with van der Waals surface area (Å²) in [5, 5.41) is 13.3. The number of hydrogen-bond acceptors (Lipinski definition) is 2. The molecular formula is C18H11BrN2O2. The third kappa shape index (κ3) is 2.12. The van der Waals surface area contributed by atoms with Gasteiger partial charge in [0.05, 0.1) is 20.4 Å². The first-order chi connectivity index (χ1) is 11.2. The number of nitro groups is 1. The van der Waals surface area contributed by atoms with E-state index in [4.69, 9.17) is 0 Å². The molecule has 4 rings (SSSR count). The van der Waals surface area contributed by atoms with Gasteiger partial charge in [-0.3, -0.25) is 10.1 Å². The molecule has 3 aromatic carbocycles. The normalized spacial score (nSPS) is 11.2. The van der Waals surface area contributed by atoms with Crippen LogP contribution in [0.4, 0.5) is 5.69 Å². The third-order valence-corrected chi connectivity index (χ3v) is 4.60.